The van der Waals surface area contributed by atoms with Crippen molar-refractivity contribution < 1.29 is 9.53 Å². The normalized spacial score (nSPS) is 10.8. The molecule has 2 aromatic carbocycles. The number of nitrogens with zero attached hydrogens (tertiary/aromatic N) is 1. The van der Waals surface area contributed by atoms with Gasteiger partial charge in [-0.15, -0.1) is 0 Å². The number of hydrogen-bond acceptors (Lipinski definition) is 2. The SMILES string of the molecule is COc1cc(Cl)c(C)cc1NC(=O)CCn1ccc2ccccc21. The van der Waals surface area contributed by atoms with E-state index in [0.29, 0.717) is 29.4 Å². The van der Waals surface area contributed by atoms with Crippen molar-refractivity contribution in [2.75, 3.05) is 12.4 Å². The van der Waals surface area contributed by atoms with Gasteiger partial charge in [0.15, 0.2) is 0 Å². The molecule has 0 saturated carbocycles. The summed E-state index contributed by atoms with van der Waals surface area (Å²) in [5.41, 5.74) is 2.66. The summed E-state index contributed by atoms with van der Waals surface area (Å²) in [4.78, 5) is 12.3. The highest BCUT2D eigenvalue weighted by molar-refractivity contribution is 6.31. The van der Waals surface area contributed by atoms with Crippen molar-refractivity contribution in [2.45, 2.75) is 19.9 Å². The van der Waals surface area contributed by atoms with Crippen LogP contribution < -0.4 is 10.1 Å². The molecule has 1 amide bonds. The monoisotopic (exact) mass is 342 g/mol. The van der Waals surface area contributed by atoms with Crippen LogP contribution in [0.3, 0.4) is 0 Å². The van der Waals surface area contributed by atoms with Crippen molar-refractivity contribution in [3.63, 3.8) is 0 Å². The molecule has 3 rings (SSSR count). The number of amides is 1. The van der Waals surface area contributed by atoms with E-state index in [1.165, 1.54) is 5.39 Å². The van der Waals surface area contributed by atoms with E-state index in [2.05, 4.69) is 28.1 Å². The van der Waals surface area contributed by atoms with Crippen molar-refractivity contribution in [1.82, 2.24) is 4.57 Å². The van der Waals surface area contributed by atoms with Gasteiger partial charge in [0.2, 0.25) is 5.91 Å². The van der Waals surface area contributed by atoms with Crippen LogP contribution in [-0.4, -0.2) is 17.6 Å². The summed E-state index contributed by atoms with van der Waals surface area (Å²) in [6.45, 7) is 2.51. The maximum atomic E-state index is 12.3. The Morgan fingerprint density at radius 3 is 2.83 bits per heavy atom. The number of benzene rings is 2. The molecule has 3 aromatic rings. The molecule has 0 bridgehead atoms. The highest BCUT2D eigenvalue weighted by Crippen LogP contribution is 2.31. The van der Waals surface area contributed by atoms with Gasteiger partial charge in [0.05, 0.1) is 12.8 Å². The Morgan fingerprint density at radius 1 is 1.25 bits per heavy atom. The summed E-state index contributed by atoms with van der Waals surface area (Å²) in [6.07, 6.45) is 2.38. The van der Waals surface area contributed by atoms with Crippen LogP contribution in [-0.2, 0) is 11.3 Å². The van der Waals surface area contributed by atoms with Crippen molar-refractivity contribution in [3.05, 3.63) is 59.2 Å². The number of halogens is 1. The Morgan fingerprint density at radius 2 is 2.04 bits per heavy atom. The van der Waals surface area contributed by atoms with E-state index in [-0.39, 0.29) is 5.91 Å². The van der Waals surface area contributed by atoms with Gasteiger partial charge in [0.25, 0.3) is 0 Å². The Labute approximate surface area is 146 Å². The van der Waals surface area contributed by atoms with E-state index in [4.69, 9.17) is 16.3 Å². The summed E-state index contributed by atoms with van der Waals surface area (Å²) >= 11 is 6.09. The average molecular weight is 343 g/mol. The first kappa shape index (κ1) is 16.4. The van der Waals surface area contributed by atoms with Crippen LogP contribution in [0.2, 0.25) is 5.02 Å². The quantitative estimate of drug-likeness (QED) is 0.734. The molecule has 0 fully saturated rings. The first-order valence-corrected chi connectivity index (χ1v) is 8.14. The zero-order valence-electron chi connectivity index (χ0n) is 13.7. The highest BCUT2D eigenvalue weighted by Gasteiger charge is 2.11. The summed E-state index contributed by atoms with van der Waals surface area (Å²) < 4.78 is 7.37. The third kappa shape index (κ3) is 3.39. The first-order valence-electron chi connectivity index (χ1n) is 7.76. The molecule has 0 unspecified atom stereocenters. The van der Waals surface area contributed by atoms with E-state index in [1.54, 1.807) is 13.2 Å². The number of ether oxygens (including phenoxy) is 1. The largest absolute Gasteiger partial charge is 0.495 e. The summed E-state index contributed by atoms with van der Waals surface area (Å²) in [5, 5.41) is 4.69. The zero-order valence-corrected chi connectivity index (χ0v) is 14.4. The number of carbonyl (C=O) groups is 1. The molecule has 4 nitrogen and oxygen atoms in total. The molecule has 124 valence electrons. The predicted octanol–water partition coefficient (Wildman–Crippen LogP) is 4.64. The minimum atomic E-state index is -0.0622. The van der Waals surface area contributed by atoms with Gasteiger partial charge in [-0.3, -0.25) is 4.79 Å². The van der Waals surface area contributed by atoms with Gasteiger partial charge in [0.1, 0.15) is 5.75 Å². The van der Waals surface area contributed by atoms with E-state index < -0.39 is 0 Å². The topological polar surface area (TPSA) is 43.3 Å². The van der Waals surface area contributed by atoms with Gasteiger partial charge in [0, 0.05) is 35.8 Å². The minimum Gasteiger partial charge on any atom is -0.495 e. The fraction of sp³-hybridized carbons (Fsp3) is 0.211. The lowest BCUT2D eigenvalue weighted by Crippen LogP contribution is -2.15. The van der Waals surface area contributed by atoms with Crippen LogP contribution >= 0.6 is 11.6 Å². The van der Waals surface area contributed by atoms with Crippen LogP contribution in [0.15, 0.2) is 48.7 Å². The number of rotatable bonds is 5. The molecule has 0 spiro atoms. The molecular formula is C19H19ClN2O2. The first-order chi connectivity index (χ1) is 11.6. The van der Waals surface area contributed by atoms with Crippen LogP contribution in [0.4, 0.5) is 5.69 Å². The van der Waals surface area contributed by atoms with Crippen molar-refractivity contribution >= 4 is 34.1 Å². The molecule has 24 heavy (non-hydrogen) atoms. The standard InChI is InChI=1S/C19H19ClN2O2/c1-13-11-16(18(24-2)12-15(13)20)21-19(23)8-10-22-9-7-14-5-3-4-6-17(14)22/h3-7,9,11-12H,8,10H2,1-2H3,(H,21,23). The maximum Gasteiger partial charge on any atom is 0.226 e. The fourth-order valence-corrected chi connectivity index (χ4v) is 2.85. The molecule has 0 atom stereocenters. The molecule has 0 saturated heterocycles. The molecule has 0 aliphatic carbocycles. The van der Waals surface area contributed by atoms with E-state index in [1.807, 2.05) is 31.3 Å². The van der Waals surface area contributed by atoms with Gasteiger partial charge in [-0.25, -0.2) is 0 Å². The summed E-state index contributed by atoms with van der Waals surface area (Å²) in [6, 6.07) is 13.7. The van der Waals surface area contributed by atoms with E-state index in [9.17, 15) is 4.79 Å². The van der Waals surface area contributed by atoms with Gasteiger partial charge < -0.3 is 14.6 Å². The number of fused-ring (bicyclic) bond motifs is 1. The maximum absolute atomic E-state index is 12.3. The Kier molecular flexibility index (Phi) is 4.76. The Hall–Kier alpha value is -2.46. The third-order valence-corrected chi connectivity index (χ3v) is 4.42. The van der Waals surface area contributed by atoms with Gasteiger partial charge >= 0.3 is 0 Å². The highest BCUT2D eigenvalue weighted by atomic mass is 35.5. The summed E-state index contributed by atoms with van der Waals surface area (Å²) in [7, 11) is 1.56. The molecule has 1 aromatic heterocycles. The number of hydrogen-bond donors (Lipinski definition) is 1. The minimum absolute atomic E-state index is 0.0622. The second-order valence-electron chi connectivity index (χ2n) is 5.67. The number of carbonyl (C=O) groups excluding carboxylic acids is 1. The van der Waals surface area contributed by atoms with Crippen LogP contribution in [0.5, 0.6) is 5.75 Å². The average Bonchev–Trinajstić information content (AvgIpc) is 2.99. The number of anilines is 1. The second-order valence-corrected chi connectivity index (χ2v) is 6.07. The van der Waals surface area contributed by atoms with Gasteiger partial charge in [-0.2, -0.15) is 0 Å². The number of aromatic nitrogens is 1. The lowest BCUT2D eigenvalue weighted by Gasteiger charge is -2.12. The predicted molar refractivity (Wildman–Crippen MR) is 97.9 cm³/mol. The molecule has 5 heteroatoms. The van der Waals surface area contributed by atoms with Crippen molar-refractivity contribution in [1.29, 1.82) is 0 Å². The molecular weight excluding hydrogens is 324 g/mol. The van der Waals surface area contributed by atoms with Crippen LogP contribution in [0.1, 0.15) is 12.0 Å². The van der Waals surface area contributed by atoms with E-state index in [0.717, 1.165) is 11.1 Å². The molecule has 1 heterocycles. The number of methoxy groups -OCH3 is 1. The van der Waals surface area contributed by atoms with Crippen LogP contribution in [0, 0.1) is 6.92 Å². The third-order valence-electron chi connectivity index (χ3n) is 4.01. The molecule has 0 aliphatic rings. The zero-order chi connectivity index (χ0) is 17.1. The lowest BCUT2D eigenvalue weighted by molar-refractivity contribution is -0.116. The lowest BCUT2D eigenvalue weighted by atomic mass is 10.2. The smallest absolute Gasteiger partial charge is 0.226 e. The summed E-state index contributed by atoms with van der Waals surface area (Å²) in [5.74, 6) is 0.498. The van der Waals surface area contributed by atoms with E-state index >= 15 is 0 Å². The molecule has 1 N–H and O–H groups in total. The Bertz CT molecular complexity index is 886. The molecule has 0 aliphatic heterocycles. The number of para-hydroxylation sites is 1. The fourth-order valence-electron chi connectivity index (χ4n) is 2.70. The second kappa shape index (κ2) is 6.97. The van der Waals surface area contributed by atoms with Crippen LogP contribution in [0.25, 0.3) is 10.9 Å². The van der Waals surface area contributed by atoms with Gasteiger partial charge in [-0.1, -0.05) is 29.8 Å². The van der Waals surface area contributed by atoms with Gasteiger partial charge in [-0.05, 0) is 36.1 Å². The molecule has 0 radical (unpaired) electrons. The van der Waals surface area contributed by atoms with Crippen molar-refractivity contribution in [3.8, 4) is 5.75 Å². The number of nitrogens with one attached hydrogen (secondary N) is 1. The Balaban J connectivity index is 1.69. The number of aryl methyl sites for hydroxylation is 2. The van der Waals surface area contributed by atoms with Crippen molar-refractivity contribution in [2.24, 2.45) is 0 Å².